The zero-order valence-electron chi connectivity index (χ0n) is 8.44. The van der Waals surface area contributed by atoms with E-state index in [-0.39, 0.29) is 5.75 Å². The summed E-state index contributed by atoms with van der Waals surface area (Å²) in [5, 5.41) is 9.28. The summed E-state index contributed by atoms with van der Waals surface area (Å²) in [7, 11) is 0. The van der Waals surface area contributed by atoms with Gasteiger partial charge in [-0.1, -0.05) is 13.8 Å². The van der Waals surface area contributed by atoms with Crippen molar-refractivity contribution in [3.05, 3.63) is 30.4 Å². The van der Waals surface area contributed by atoms with Crippen LogP contribution in [0.5, 0.6) is 5.75 Å². The minimum Gasteiger partial charge on any atom is -0.508 e. The first-order chi connectivity index (χ1) is 6.66. The molecule has 3 heteroatoms. The van der Waals surface area contributed by atoms with Crippen molar-refractivity contribution in [2.24, 2.45) is 5.92 Å². The van der Waals surface area contributed by atoms with E-state index in [2.05, 4.69) is 18.8 Å². The van der Waals surface area contributed by atoms with Crippen molar-refractivity contribution in [1.82, 2.24) is 9.38 Å². The van der Waals surface area contributed by atoms with Crippen LogP contribution in [0.1, 0.15) is 19.7 Å². The van der Waals surface area contributed by atoms with E-state index in [0.29, 0.717) is 5.92 Å². The predicted molar refractivity (Wildman–Crippen MR) is 55.4 cm³/mol. The van der Waals surface area contributed by atoms with Gasteiger partial charge in [-0.2, -0.15) is 0 Å². The molecule has 0 atom stereocenters. The molecule has 0 radical (unpaired) electrons. The first kappa shape index (κ1) is 9.06. The first-order valence-electron chi connectivity index (χ1n) is 4.82. The Morgan fingerprint density at radius 3 is 3.00 bits per heavy atom. The Kier molecular flexibility index (Phi) is 2.15. The van der Waals surface area contributed by atoms with Crippen LogP contribution in [0.25, 0.3) is 5.52 Å². The van der Waals surface area contributed by atoms with E-state index in [4.69, 9.17) is 0 Å². The van der Waals surface area contributed by atoms with E-state index in [0.717, 1.165) is 17.8 Å². The predicted octanol–water partition coefficient (Wildman–Crippen LogP) is 2.24. The number of imidazole rings is 1. The van der Waals surface area contributed by atoms with Gasteiger partial charge in [0.15, 0.2) is 0 Å². The molecule has 1 N–H and O–H groups in total. The molecule has 14 heavy (non-hydrogen) atoms. The summed E-state index contributed by atoms with van der Waals surface area (Å²) in [4.78, 5) is 4.33. The minimum atomic E-state index is 0.286. The second-order valence-electron chi connectivity index (χ2n) is 3.95. The van der Waals surface area contributed by atoms with Crippen molar-refractivity contribution >= 4 is 5.52 Å². The van der Waals surface area contributed by atoms with Gasteiger partial charge in [0.05, 0.1) is 11.7 Å². The molecular formula is C11H14N2O. The number of nitrogens with zero attached hydrogens (tertiary/aromatic N) is 2. The molecule has 0 saturated heterocycles. The third kappa shape index (κ3) is 1.58. The molecule has 2 aromatic rings. The Bertz CT molecular complexity index is 445. The molecule has 0 aliphatic rings. The zero-order valence-corrected chi connectivity index (χ0v) is 8.44. The van der Waals surface area contributed by atoms with E-state index in [1.165, 1.54) is 0 Å². The van der Waals surface area contributed by atoms with Gasteiger partial charge in [-0.3, -0.25) is 0 Å². The van der Waals surface area contributed by atoms with Gasteiger partial charge in [-0.15, -0.1) is 0 Å². The monoisotopic (exact) mass is 190 g/mol. The quantitative estimate of drug-likeness (QED) is 0.788. The molecule has 0 aliphatic carbocycles. The maximum absolute atomic E-state index is 9.28. The van der Waals surface area contributed by atoms with Gasteiger partial charge in [0, 0.05) is 18.7 Å². The molecule has 0 unspecified atom stereocenters. The van der Waals surface area contributed by atoms with Gasteiger partial charge in [-0.05, 0) is 12.0 Å². The summed E-state index contributed by atoms with van der Waals surface area (Å²) >= 11 is 0. The van der Waals surface area contributed by atoms with E-state index in [9.17, 15) is 5.11 Å². The molecule has 2 rings (SSSR count). The number of rotatable bonds is 2. The van der Waals surface area contributed by atoms with Crippen molar-refractivity contribution < 1.29 is 5.11 Å². The van der Waals surface area contributed by atoms with Crippen LogP contribution in [0.15, 0.2) is 24.5 Å². The molecule has 0 bridgehead atoms. The zero-order chi connectivity index (χ0) is 10.1. The van der Waals surface area contributed by atoms with E-state index in [1.807, 2.05) is 10.6 Å². The normalized spacial score (nSPS) is 11.4. The first-order valence-corrected chi connectivity index (χ1v) is 4.82. The highest BCUT2D eigenvalue weighted by Gasteiger charge is 2.05. The van der Waals surface area contributed by atoms with Gasteiger partial charge in [0.25, 0.3) is 0 Å². The Morgan fingerprint density at radius 2 is 2.29 bits per heavy atom. The SMILES string of the molecule is CC(C)Cc1ncc2cc(O)ccn12. The number of fused-ring (bicyclic) bond motifs is 1. The largest absolute Gasteiger partial charge is 0.508 e. The van der Waals surface area contributed by atoms with Crippen molar-refractivity contribution in [1.29, 1.82) is 0 Å². The van der Waals surface area contributed by atoms with Crippen LogP contribution in [-0.4, -0.2) is 14.5 Å². The molecule has 2 aromatic heterocycles. The van der Waals surface area contributed by atoms with Crippen LogP contribution in [0.4, 0.5) is 0 Å². The number of hydrogen-bond donors (Lipinski definition) is 1. The lowest BCUT2D eigenvalue weighted by atomic mass is 10.1. The Morgan fingerprint density at radius 1 is 1.50 bits per heavy atom. The third-order valence-electron chi connectivity index (χ3n) is 2.18. The summed E-state index contributed by atoms with van der Waals surface area (Å²) in [5.41, 5.74) is 0.945. The van der Waals surface area contributed by atoms with Gasteiger partial charge in [0.1, 0.15) is 11.6 Å². The maximum atomic E-state index is 9.28. The second kappa shape index (κ2) is 3.33. The van der Waals surface area contributed by atoms with E-state index < -0.39 is 0 Å². The highest BCUT2D eigenvalue weighted by molar-refractivity contribution is 5.50. The van der Waals surface area contributed by atoms with Crippen LogP contribution in [-0.2, 0) is 6.42 Å². The summed E-state index contributed by atoms with van der Waals surface area (Å²) in [6, 6.07) is 3.40. The Hall–Kier alpha value is -1.51. The highest BCUT2D eigenvalue weighted by atomic mass is 16.3. The minimum absolute atomic E-state index is 0.286. The molecule has 74 valence electrons. The van der Waals surface area contributed by atoms with Gasteiger partial charge in [0.2, 0.25) is 0 Å². The molecule has 0 saturated carbocycles. The smallest absolute Gasteiger partial charge is 0.119 e. The van der Waals surface area contributed by atoms with Crippen molar-refractivity contribution in [3.63, 3.8) is 0 Å². The third-order valence-corrected chi connectivity index (χ3v) is 2.18. The van der Waals surface area contributed by atoms with Gasteiger partial charge >= 0.3 is 0 Å². The van der Waals surface area contributed by atoms with Crippen LogP contribution in [0.2, 0.25) is 0 Å². The topological polar surface area (TPSA) is 37.5 Å². The average Bonchev–Trinajstić information content (AvgIpc) is 2.47. The standard InChI is InChI=1S/C11H14N2O/c1-8(2)5-11-12-7-9-6-10(14)3-4-13(9)11/h3-4,6-8,14H,5H2,1-2H3. The van der Waals surface area contributed by atoms with E-state index in [1.54, 1.807) is 18.3 Å². The van der Waals surface area contributed by atoms with Crippen molar-refractivity contribution in [2.45, 2.75) is 20.3 Å². The molecule has 0 aliphatic heterocycles. The fourth-order valence-corrected chi connectivity index (χ4v) is 1.56. The van der Waals surface area contributed by atoms with Crippen LogP contribution in [0.3, 0.4) is 0 Å². The molecule has 0 fully saturated rings. The van der Waals surface area contributed by atoms with Crippen molar-refractivity contribution in [3.8, 4) is 5.75 Å². The fourth-order valence-electron chi connectivity index (χ4n) is 1.56. The lowest BCUT2D eigenvalue weighted by molar-refractivity contribution is 0.475. The number of aromatic hydroxyl groups is 1. The number of pyridine rings is 1. The summed E-state index contributed by atoms with van der Waals surface area (Å²) in [5.74, 6) is 1.93. The summed E-state index contributed by atoms with van der Waals surface area (Å²) < 4.78 is 2.01. The molecule has 0 spiro atoms. The highest BCUT2D eigenvalue weighted by Crippen LogP contribution is 2.15. The molecule has 0 amide bonds. The number of hydrogen-bond acceptors (Lipinski definition) is 2. The van der Waals surface area contributed by atoms with Crippen LogP contribution < -0.4 is 0 Å². The maximum Gasteiger partial charge on any atom is 0.119 e. The lowest BCUT2D eigenvalue weighted by Crippen LogP contribution is -1.99. The Labute approximate surface area is 83.0 Å². The molecule has 2 heterocycles. The van der Waals surface area contributed by atoms with Crippen molar-refractivity contribution in [2.75, 3.05) is 0 Å². The fraction of sp³-hybridized carbons (Fsp3) is 0.364. The summed E-state index contributed by atoms with van der Waals surface area (Å²) in [6.07, 6.45) is 4.60. The lowest BCUT2D eigenvalue weighted by Gasteiger charge is -2.03. The van der Waals surface area contributed by atoms with Crippen LogP contribution >= 0.6 is 0 Å². The van der Waals surface area contributed by atoms with Gasteiger partial charge < -0.3 is 9.51 Å². The Balaban J connectivity index is 2.47. The molecule has 3 nitrogen and oxygen atoms in total. The van der Waals surface area contributed by atoms with Crippen LogP contribution in [0, 0.1) is 5.92 Å². The second-order valence-corrected chi connectivity index (χ2v) is 3.95. The molecular weight excluding hydrogens is 176 g/mol. The average molecular weight is 190 g/mol. The van der Waals surface area contributed by atoms with E-state index >= 15 is 0 Å². The number of aromatic nitrogens is 2. The van der Waals surface area contributed by atoms with Gasteiger partial charge in [-0.25, -0.2) is 4.98 Å². The summed E-state index contributed by atoms with van der Waals surface area (Å²) in [6.45, 7) is 4.34. The molecule has 0 aromatic carbocycles.